The first kappa shape index (κ1) is 21.8. The average molecular weight is 430 g/mol. The lowest BCUT2D eigenvalue weighted by molar-refractivity contribution is 0.240. The van der Waals surface area contributed by atoms with E-state index in [0.29, 0.717) is 12.5 Å². The second-order valence-corrected chi connectivity index (χ2v) is 8.45. The Morgan fingerprint density at radius 2 is 1.50 bits per heavy atom. The quantitative estimate of drug-likeness (QED) is 0.321. The zero-order chi connectivity index (χ0) is 22.7. The molecule has 0 amide bonds. The maximum atomic E-state index is 10.1. The van der Waals surface area contributed by atoms with Gasteiger partial charge < -0.3 is 19.5 Å². The predicted octanol–water partition coefficient (Wildman–Crippen LogP) is 6.89. The van der Waals surface area contributed by atoms with Gasteiger partial charge in [0.2, 0.25) is 0 Å². The van der Waals surface area contributed by atoms with Crippen LogP contribution in [0.25, 0.3) is 22.2 Å². The van der Waals surface area contributed by atoms with Crippen LogP contribution in [0.1, 0.15) is 37.8 Å². The van der Waals surface area contributed by atoms with Crippen molar-refractivity contribution in [3.63, 3.8) is 0 Å². The lowest BCUT2D eigenvalue weighted by Crippen LogP contribution is -2.10. The summed E-state index contributed by atoms with van der Waals surface area (Å²) in [6.45, 7) is 7.93. The number of fused-ring (bicyclic) bond motifs is 1. The van der Waals surface area contributed by atoms with E-state index in [1.165, 1.54) is 5.56 Å². The van der Waals surface area contributed by atoms with Gasteiger partial charge in [-0.3, -0.25) is 0 Å². The summed E-state index contributed by atoms with van der Waals surface area (Å²) in [5.41, 5.74) is 5.45. The largest absolute Gasteiger partial charge is 0.508 e. The second kappa shape index (κ2) is 9.39. The molecule has 166 valence electrons. The Morgan fingerprint density at radius 1 is 0.844 bits per heavy atom. The number of phenolic OH excluding ortho intramolecular Hbond substituents is 2. The van der Waals surface area contributed by atoms with Gasteiger partial charge >= 0.3 is 0 Å². The SMILES string of the molecule is CCC(CC)COc1ccc(Cn2c(-c3ccc(O)cc3)c(C)c3cc(O)ccc32)cc1. The van der Waals surface area contributed by atoms with E-state index < -0.39 is 0 Å². The van der Waals surface area contributed by atoms with E-state index in [1.807, 2.05) is 36.4 Å². The molecule has 4 heteroatoms. The van der Waals surface area contributed by atoms with E-state index >= 15 is 0 Å². The van der Waals surface area contributed by atoms with E-state index in [1.54, 1.807) is 18.2 Å². The summed E-state index contributed by atoms with van der Waals surface area (Å²) in [5, 5.41) is 20.8. The third-order valence-electron chi connectivity index (χ3n) is 6.35. The van der Waals surface area contributed by atoms with Crippen molar-refractivity contribution in [1.82, 2.24) is 4.57 Å². The van der Waals surface area contributed by atoms with E-state index in [0.717, 1.165) is 52.9 Å². The fourth-order valence-electron chi connectivity index (χ4n) is 4.28. The molecule has 3 aromatic carbocycles. The van der Waals surface area contributed by atoms with E-state index in [9.17, 15) is 10.2 Å². The Labute approximate surface area is 189 Å². The lowest BCUT2D eigenvalue weighted by Gasteiger charge is -2.15. The summed E-state index contributed by atoms with van der Waals surface area (Å²) in [6.07, 6.45) is 2.26. The molecule has 0 saturated heterocycles. The summed E-state index contributed by atoms with van der Waals surface area (Å²) < 4.78 is 8.26. The highest BCUT2D eigenvalue weighted by molar-refractivity contribution is 5.92. The minimum absolute atomic E-state index is 0.246. The molecule has 4 rings (SSSR count). The number of aryl methyl sites for hydroxylation is 1. The van der Waals surface area contributed by atoms with Crippen molar-refractivity contribution < 1.29 is 14.9 Å². The maximum absolute atomic E-state index is 10.1. The summed E-state index contributed by atoms with van der Waals surface area (Å²) in [4.78, 5) is 0. The number of rotatable bonds is 8. The molecule has 4 nitrogen and oxygen atoms in total. The van der Waals surface area contributed by atoms with Crippen LogP contribution in [-0.2, 0) is 6.54 Å². The summed E-state index contributed by atoms with van der Waals surface area (Å²) in [5.74, 6) is 2.00. The van der Waals surface area contributed by atoms with Gasteiger partial charge in [0.1, 0.15) is 17.2 Å². The molecular weight excluding hydrogens is 398 g/mol. The number of nitrogens with zero attached hydrogens (tertiary/aromatic N) is 1. The van der Waals surface area contributed by atoms with Crippen LogP contribution >= 0.6 is 0 Å². The second-order valence-electron chi connectivity index (χ2n) is 8.45. The summed E-state index contributed by atoms with van der Waals surface area (Å²) in [7, 11) is 0. The molecular formula is C28H31NO3. The molecule has 0 aliphatic carbocycles. The highest BCUT2D eigenvalue weighted by Crippen LogP contribution is 2.36. The first-order valence-electron chi connectivity index (χ1n) is 11.3. The van der Waals surface area contributed by atoms with Crippen LogP contribution in [0.15, 0.2) is 66.7 Å². The molecule has 1 heterocycles. The third-order valence-corrected chi connectivity index (χ3v) is 6.35. The normalized spacial score (nSPS) is 11.4. The predicted molar refractivity (Wildman–Crippen MR) is 131 cm³/mol. The smallest absolute Gasteiger partial charge is 0.119 e. The minimum Gasteiger partial charge on any atom is -0.508 e. The van der Waals surface area contributed by atoms with Gasteiger partial charge in [0.05, 0.1) is 12.3 Å². The highest BCUT2D eigenvalue weighted by atomic mass is 16.5. The molecule has 4 aromatic rings. The van der Waals surface area contributed by atoms with E-state index in [4.69, 9.17) is 4.74 Å². The highest BCUT2D eigenvalue weighted by Gasteiger charge is 2.17. The van der Waals surface area contributed by atoms with Gasteiger partial charge in [-0.05, 0) is 84.1 Å². The van der Waals surface area contributed by atoms with E-state index in [-0.39, 0.29) is 11.5 Å². The molecule has 0 saturated carbocycles. The third kappa shape index (κ3) is 4.45. The Kier molecular flexibility index (Phi) is 6.40. The number of ether oxygens (including phenoxy) is 1. The molecule has 0 aliphatic rings. The van der Waals surface area contributed by atoms with Crippen LogP contribution in [0.2, 0.25) is 0 Å². The fraction of sp³-hybridized carbons (Fsp3) is 0.286. The number of hydrogen-bond acceptors (Lipinski definition) is 3. The molecule has 32 heavy (non-hydrogen) atoms. The summed E-state index contributed by atoms with van der Waals surface area (Å²) in [6, 6.07) is 21.1. The van der Waals surface area contributed by atoms with Crippen molar-refractivity contribution in [3.8, 4) is 28.5 Å². The van der Waals surface area contributed by atoms with Crippen molar-refractivity contribution in [2.75, 3.05) is 6.61 Å². The molecule has 0 unspecified atom stereocenters. The van der Waals surface area contributed by atoms with Gasteiger partial charge in [0.15, 0.2) is 0 Å². The molecule has 0 bridgehead atoms. The topological polar surface area (TPSA) is 54.6 Å². The first-order chi connectivity index (χ1) is 15.5. The Bertz CT molecular complexity index is 1190. The lowest BCUT2D eigenvalue weighted by atomic mass is 10.1. The number of aromatic nitrogens is 1. The molecule has 2 N–H and O–H groups in total. The fourth-order valence-corrected chi connectivity index (χ4v) is 4.28. The Balaban J connectivity index is 1.68. The van der Waals surface area contributed by atoms with Gasteiger partial charge in [-0.2, -0.15) is 0 Å². The molecule has 0 atom stereocenters. The van der Waals surface area contributed by atoms with Crippen LogP contribution in [0, 0.1) is 12.8 Å². The van der Waals surface area contributed by atoms with Crippen LogP contribution < -0.4 is 4.74 Å². The first-order valence-corrected chi connectivity index (χ1v) is 11.3. The Morgan fingerprint density at radius 3 is 2.16 bits per heavy atom. The standard InChI is InChI=1S/C28H31NO3/c1-4-20(5-2)18-32-25-13-6-21(7-14-25)17-29-27-15-12-24(31)16-26(27)19(3)28(29)22-8-10-23(30)11-9-22/h6-16,20,30-31H,4-5,17-18H2,1-3H3. The van der Waals surface area contributed by atoms with Gasteiger partial charge in [0.25, 0.3) is 0 Å². The molecule has 1 aromatic heterocycles. The number of hydrogen-bond donors (Lipinski definition) is 2. The molecule has 0 fully saturated rings. The monoisotopic (exact) mass is 429 g/mol. The molecule has 0 radical (unpaired) electrons. The number of phenols is 2. The van der Waals surface area contributed by atoms with Crippen LogP contribution in [-0.4, -0.2) is 21.4 Å². The van der Waals surface area contributed by atoms with Crippen molar-refractivity contribution in [2.24, 2.45) is 5.92 Å². The maximum Gasteiger partial charge on any atom is 0.119 e. The van der Waals surface area contributed by atoms with Gasteiger partial charge in [0, 0.05) is 17.4 Å². The van der Waals surface area contributed by atoms with Crippen molar-refractivity contribution in [1.29, 1.82) is 0 Å². The van der Waals surface area contributed by atoms with Crippen molar-refractivity contribution in [3.05, 3.63) is 77.9 Å². The molecule has 0 aliphatic heterocycles. The van der Waals surface area contributed by atoms with E-state index in [2.05, 4.69) is 37.5 Å². The molecule has 0 spiro atoms. The Hall–Kier alpha value is -3.40. The van der Waals surface area contributed by atoms with Gasteiger partial charge in [-0.1, -0.05) is 38.8 Å². The number of benzene rings is 3. The van der Waals surface area contributed by atoms with Crippen LogP contribution in [0.4, 0.5) is 0 Å². The van der Waals surface area contributed by atoms with Crippen molar-refractivity contribution >= 4 is 10.9 Å². The van der Waals surface area contributed by atoms with Gasteiger partial charge in [-0.15, -0.1) is 0 Å². The summed E-state index contributed by atoms with van der Waals surface area (Å²) >= 11 is 0. The zero-order valence-electron chi connectivity index (χ0n) is 19.0. The van der Waals surface area contributed by atoms with Crippen LogP contribution in [0.3, 0.4) is 0 Å². The zero-order valence-corrected chi connectivity index (χ0v) is 19.0. The van der Waals surface area contributed by atoms with Crippen molar-refractivity contribution in [2.45, 2.75) is 40.2 Å². The minimum atomic E-state index is 0.246. The average Bonchev–Trinajstić information content (AvgIpc) is 3.07. The van der Waals surface area contributed by atoms with Crippen LogP contribution in [0.5, 0.6) is 17.2 Å². The number of aromatic hydroxyl groups is 2. The van der Waals surface area contributed by atoms with Gasteiger partial charge in [-0.25, -0.2) is 0 Å².